The molecule has 5 heteroatoms. The largest absolute Gasteiger partial charge is 0.508 e. The van der Waals surface area contributed by atoms with Gasteiger partial charge in [0.1, 0.15) is 12.4 Å². The van der Waals surface area contributed by atoms with Crippen molar-refractivity contribution in [3.8, 4) is 11.4 Å². The molecule has 1 atom stereocenters. The molecule has 0 amide bonds. The second-order valence-electron chi connectivity index (χ2n) is 5.20. The molecular weight excluding hydrogens is 280 g/mol. The fraction of sp³-hybridized carbons (Fsp3) is 0.176. The third-order valence-corrected chi connectivity index (χ3v) is 3.72. The summed E-state index contributed by atoms with van der Waals surface area (Å²) in [6.45, 7) is 0.802. The first kappa shape index (κ1) is 12.9. The van der Waals surface area contributed by atoms with Gasteiger partial charge in [-0.2, -0.15) is 0 Å². The lowest BCUT2D eigenvalue weighted by Gasteiger charge is -2.12. The van der Waals surface area contributed by atoms with Gasteiger partial charge in [-0.25, -0.2) is 9.78 Å². The van der Waals surface area contributed by atoms with E-state index in [0.717, 1.165) is 22.4 Å². The first-order valence-corrected chi connectivity index (χ1v) is 7.15. The second-order valence-corrected chi connectivity index (χ2v) is 5.20. The highest BCUT2D eigenvalue weighted by Crippen LogP contribution is 2.26. The van der Waals surface area contributed by atoms with Crippen LogP contribution in [0.1, 0.15) is 0 Å². The molecule has 1 unspecified atom stereocenters. The fourth-order valence-corrected chi connectivity index (χ4v) is 2.73. The Kier molecular flexibility index (Phi) is 3.04. The molecule has 1 aliphatic rings. The van der Waals surface area contributed by atoms with E-state index in [-0.39, 0.29) is 12.7 Å². The Morgan fingerprint density at radius 3 is 2.64 bits per heavy atom. The predicted molar refractivity (Wildman–Crippen MR) is 81.4 cm³/mol. The molecule has 1 fully saturated rings. The van der Waals surface area contributed by atoms with Crippen LogP contribution in [0.15, 0.2) is 54.6 Å². The van der Waals surface area contributed by atoms with E-state index in [4.69, 9.17) is 14.5 Å². The predicted octanol–water partition coefficient (Wildman–Crippen LogP) is 3.24. The number of hydrogen-bond acceptors (Lipinski definition) is 4. The van der Waals surface area contributed by atoms with Crippen LogP contribution in [0.5, 0.6) is 0 Å². The minimum atomic E-state index is -0.601. The van der Waals surface area contributed by atoms with Gasteiger partial charge in [0.05, 0.1) is 17.6 Å². The average molecular weight is 294 g/mol. The van der Waals surface area contributed by atoms with Gasteiger partial charge in [0, 0.05) is 5.56 Å². The number of nitrogens with zero attached hydrogens (tertiary/aromatic N) is 2. The van der Waals surface area contributed by atoms with E-state index in [1.807, 2.05) is 54.6 Å². The van der Waals surface area contributed by atoms with Gasteiger partial charge in [0.2, 0.25) is 0 Å². The number of hydrogen-bond donors (Lipinski definition) is 0. The smallest absolute Gasteiger partial charge is 0.430 e. The topological polar surface area (TPSA) is 53.4 Å². The van der Waals surface area contributed by atoms with Crippen LogP contribution in [-0.4, -0.2) is 28.4 Å². The molecule has 0 radical (unpaired) electrons. The van der Waals surface area contributed by atoms with Crippen LogP contribution in [0.2, 0.25) is 0 Å². The zero-order chi connectivity index (χ0) is 14.9. The number of fused-ring (bicyclic) bond motifs is 1. The Morgan fingerprint density at radius 2 is 1.86 bits per heavy atom. The number of rotatable bonds is 3. The highest BCUT2D eigenvalue weighted by molar-refractivity contribution is 5.80. The lowest BCUT2D eigenvalue weighted by molar-refractivity contribution is 0.114. The van der Waals surface area contributed by atoms with Crippen LogP contribution in [0.4, 0.5) is 4.79 Å². The Balaban J connectivity index is 1.81. The molecule has 0 spiro atoms. The Bertz CT molecular complexity index is 826. The highest BCUT2D eigenvalue weighted by Gasteiger charge is 2.27. The van der Waals surface area contributed by atoms with Crippen LogP contribution < -0.4 is 0 Å². The average Bonchev–Trinajstić information content (AvgIpc) is 3.13. The number of imidazole rings is 1. The van der Waals surface area contributed by atoms with Crippen LogP contribution in [0, 0.1) is 0 Å². The Hall–Kier alpha value is -2.82. The number of cyclic esters (lactones) is 2. The normalized spacial score (nSPS) is 17.5. The van der Waals surface area contributed by atoms with Crippen molar-refractivity contribution in [3.63, 3.8) is 0 Å². The van der Waals surface area contributed by atoms with Crippen LogP contribution in [-0.2, 0) is 16.0 Å². The number of aromatic nitrogens is 2. The number of para-hydroxylation sites is 2. The lowest BCUT2D eigenvalue weighted by atomic mass is 10.2. The first-order valence-electron chi connectivity index (χ1n) is 7.15. The van der Waals surface area contributed by atoms with Crippen molar-refractivity contribution in [2.24, 2.45) is 0 Å². The molecule has 2 heterocycles. The molecule has 2 aromatic carbocycles. The molecule has 5 nitrogen and oxygen atoms in total. The van der Waals surface area contributed by atoms with Crippen LogP contribution in [0.25, 0.3) is 22.4 Å². The van der Waals surface area contributed by atoms with Crippen molar-refractivity contribution in [2.75, 3.05) is 6.61 Å². The number of carbonyl (C=O) groups is 1. The number of ether oxygens (including phenoxy) is 2. The third-order valence-electron chi connectivity index (χ3n) is 3.72. The van der Waals surface area contributed by atoms with E-state index in [1.165, 1.54) is 0 Å². The Labute approximate surface area is 127 Å². The van der Waals surface area contributed by atoms with Gasteiger partial charge in [-0.3, -0.25) is 0 Å². The standard InChI is InChI=1S/C17H14N2O3/c20-17-21-11-13(22-17)10-19-15-9-5-4-8-14(15)18-16(19)12-6-2-1-3-7-12/h1-9,13H,10-11H2. The summed E-state index contributed by atoms with van der Waals surface area (Å²) in [6, 6.07) is 17.9. The zero-order valence-electron chi connectivity index (χ0n) is 11.8. The van der Waals surface area contributed by atoms with E-state index >= 15 is 0 Å². The monoisotopic (exact) mass is 294 g/mol. The molecule has 22 heavy (non-hydrogen) atoms. The highest BCUT2D eigenvalue weighted by atomic mass is 16.8. The van der Waals surface area contributed by atoms with Crippen molar-refractivity contribution >= 4 is 17.2 Å². The maximum Gasteiger partial charge on any atom is 0.508 e. The summed E-state index contributed by atoms with van der Waals surface area (Å²) < 4.78 is 12.1. The molecule has 1 aromatic heterocycles. The van der Waals surface area contributed by atoms with Crippen LogP contribution in [0.3, 0.4) is 0 Å². The van der Waals surface area contributed by atoms with Crippen molar-refractivity contribution in [1.29, 1.82) is 0 Å². The third kappa shape index (κ3) is 2.20. The molecule has 1 aliphatic heterocycles. The zero-order valence-corrected chi connectivity index (χ0v) is 11.8. The summed E-state index contributed by atoms with van der Waals surface area (Å²) >= 11 is 0. The summed E-state index contributed by atoms with van der Waals surface area (Å²) in [5.74, 6) is 0.866. The SMILES string of the molecule is O=C1OCC(Cn2c(-c3ccccc3)nc3ccccc32)O1. The van der Waals surface area contributed by atoms with E-state index in [9.17, 15) is 4.79 Å². The van der Waals surface area contributed by atoms with Gasteiger partial charge in [0.25, 0.3) is 0 Å². The molecule has 4 rings (SSSR count). The fourth-order valence-electron chi connectivity index (χ4n) is 2.73. The van der Waals surface area contributed by atoms with Crippen molar-refractivity contribution in [2.45, 2.75) is 12.6 Å². The summed E-state index contributed by atoms with van der Waals surface area (Å²) in [7, 11) is 0. The summed E-state index contributed by atoms with van der Waals surface area (Å²) in [4.78, 5) is 15.9. The van der Waals surface area contributed by atoms with Gasteiger partial charge in [-0.15, -0.1) is 0 Å². The lowest BCUT2D eigenvalue weighted by Crippen LogP contribution is -2.19. The van der Waals surface area contributed by atoms with Gasteiger partial charge < -0.3 is 14.0 Å². The maximum atomic E-state index is 11.1. The molecule has 0 N–H and O–H groups in total. The number of carbonyl (C=O) groups excluding carboxylic acids is 1. The number of benzene rings is 2. The molecule has 1 saturated heterocycles. The van der Waals surface area contributed by atoms with E-state index in [2.05, 4.69) is 4.57 Å². The quantitative estimate of drug-likeness (QED) is 0.696. The Morgan fingerprint density at radius 1 is 1.09 bits per heavy atom. The van der Waals surface area contributed by atoms with Crippen molar-refractivity contribution in [3.05, 3.63) is 54.6 Å². The van der Waals surface area contributed by atoms with E-state index in [1.54, 1.807) is 0 Å². The molecule has 0 saturated carbocycles. The van der Waals surface area contributed by atoms with Crippen molar-refractivity contribution in [1.82, 2.24) is 9.55 Å². The van der Waals surface area contributed by atoms with Crippen molar-refractivity contribution < 1.29 is 14.3 Å². The van der Waals surface area contributed by atoms with E-state index < -0.39 is 6.16 Å². The maximum absolute atomic E-state index is 11.1. The molecular formula is C17H14N2O3. The second kappa shape index (κ2) is 5.18. The molecule has 3 aromatic rings. The van der Waals surface area contributed by atoms with Gasteiger partial charge in [0.15, 0.2) is 6.10 Å². The molecule has 0 aliphatic carbocycles. The first-order chi connectivity index (χ1) is 10.8. The molecule has 0 bridgehead atoms. The van der Waals surface area contributed by atoms with Crippen LogP contribution >= 0.6 is 0 Å². The van der Waals surface area contributed by atoms with Gasteiger partial charge >= 0.3 is 6.16 Å². The molecule has 110 valence electrons. The summed E-state index contributed by atoms with van der Waals surface area (Å²) in [6.07, 6.45) is -0.886. The minimum Gasteiger partial charge on any atom is -0.430 e. The van der Waals surface area contributed by atoms with Gasteiger partial charge in [-0.1, -0.05) is 42.5 Å². The summed E-state index contributed by atoms with van der Waals surface area (Å²) in [5.41, 5.74) is 2.97. The summed E-state index contributed by atoms with van der Waals surface area (Å²) in [5, 5.41) is 0. The van der Waals surface area contributed by atoms with Gasteiger partial charge in [-0.05, 0) is 12.1 Å². The minimum absolute atomic E-state index is 0.277. The van der Waals surface area contributed by atoms with E-state index in [0.29, 0.717) is 6.54 Å².